The van der Waals surface area contributed by atoms with Crippen LogP contribution in [0.2, 0.25) is 0 Å². The van der Waals surface area contributed by atoms with Gasteiger partial charge in [-0.3, -0.25) is 9.78 Å². The monoisotopic (exact) mass is 249 g/mol. The van der Waals surface area contributed by atoms with Gasteiger partial charge in [0.25, 0.3) is 0 Å². The number of nitrogens with one attached hydrogen (secondary N) is 1. The molecule has 1 N–H and O–H groups in total. The van der Waals surface area contributed by atoms with Gasteiger partial charge in [-0.2, -0.15) is 0 Å². The molecule has 1 saturated heterocycles. The zero-order chi connectivity index (χ0) is 12.8. The lowest BCUT2D eigenvalue weighted by atomic mass is 10.1. The van der Waals surface area contributed by atoms with E-state index in [1.54, 1.807) is 6.20 Å². The fourth-order valence-corrected chi connectivity index (χ4v) is 1.91. The normalized spacial score (nSPS) is 15.7. The molecule has 5 nitrogen and oxygen atoms in total. The molecule has 0 saturated carbocycles. The molecule has 1 aliphatic rings. The molecule has 1 amide bonds. The number of morpholine rings is 1. The maximum absolute atomic E-state index is 11.9. The van der Waals surface area contributed by atoms with E-state index < -0.39 is 0 Å². The van der Waals surface area contributed by atoms with E-state index in [-0.39, 0.29) is 5.91 Å². The summed E-state index contributed by atoms with van der Waals surface area (Å²) < 4.78 is 5.22. The lowest BCUT2D eigenvalue weighted by Crippen LogP contribution is -2.44. The molecule has 18 heavy (non-hydrogen) atoms. The van der Waals surface area contributed by atoms with E-state index in [4.69, 9.17) is 4.74 Å². The lowest BCUT2D eigenvalue weighted by molar-refractivity contribution is -0.134. The van der Waals surface area contributed by atoms with E-state index >= 15 is 0 Å². The highest BCUT2D eigenvalue weighted by Crippen LogP contribution is 2.04. The van der Waals surface area contributed by atoms with Crippen LogP contribution in [0.4, 0.5) is 0 Å². The first-order chi connectivity index (χ1) is 8.77. The Hall–Kier alpha value is -1.46. The smallest absolute Gasteiger partial charge is 0.236 e. The number of ether oxygens (including phenoxy) is 1. The average Bonchev–Trinajstić information content (AvgIpc) is 2.42. The zero-order valence-corrected chi connectivity index (χ0v) is 10.7. The van der Waals surface area contributed by atoms with Crippen molar-refractivity contribution in [1.29, 1.82) is 0 Å². The number of pyridine rings is 1. The number of hydrogen-bond acceptors (Lipinski definition) is 4. The van der Waals surface area contributed by atoms with Gasteiger partial charge in [0, 0.05) is 32.0 Å². The van der Waals surface area contributed by atoms with Crippen LogP contribution >= 0.6 is 0 Å². The van der Waals surface area contributed by atoms with Crippen molar-refractivity contribution in [3.05, 3.63) is 29.6 Å². The summed E-state index contributed by atoms with van der Waals surface area (Å²) >= 11 is 0. The Morgan fingerprint density at radius 3 is 3.00 bits per heavy atom. The van der Waals surface area contributed by atoms with Crippen LogP contribution in [0.1, 0.15) is 11.1 Å². The van der Waals surface area contributed by atoms with Crippen LogP contribution in [0.3, 0.4) is 0 Å². The van der Waals surface area contributed by atoms with Crippen molar-refractivity contribution in [2.75, 3.05) is 32.8 Å². The van der Waals surface area contributed by atoms with Crippen LogP contribution in [-0.4, -0.2) is 48.6 Å². The molecule has 0 bridgehead atoms. The number of hydrogen-bond donors (Lipinski definition) is 1. The topological polar surface area (TPSA) is 54.5 Å². The molecule has 1 aliphatic heterocycles. The van der Waals surface area contributed by atoms with Gasteiger partial charge in [-0.15, -0.1) is 0 Å². The number of carbonyl (C=O) groups excluding carboxylic acids is 1. The Morgan fingerprint density at radius 2 is 2.28 bits per heavy atom. The third-order valence-electron chi connectivity index (χ3n) is 3.10. The maximum Gasteiger partial charge on any atom is 0.236 e. The molecule has 0 spiro atoms. The Labute approximate surface area is 107 Å². The van der Waals surface area contributed by atoms with Gasteiger partial charge in [-0.05, 0) is 24.1 Å². The highest BCUT2D eigenvalue weighted by Gasteiger charge is 2.15. The molecule has 0 aliphatic carbocycles. The Morgan fingerprint density at radius 1 is 1.50 bits per heavy atom. The first-order valence-electron chi connectivity index (χ1n) is 6.23. The minimum Gasteiger partial charge on any atom is -0.378 e. The van der Waals surface area contributed by atoms with E-state index in [0.717, 1.165) is 5.56 Å². The van der Waals surface area contributed by atoms with Crippen LogP contribution in [0.15, 0.2) is 18.5 Å². The van der Waals surface area contributed by atoms with Crippen molar-refractivity contribution >= 4 is 5.91 Å². The van der Waals surface area contributed by atoms with E-state index in [0.29, 0.717) is 39.4 Å². The van der Waals surface area contributed by atoms with Gasteiger partial charge in [0.1, 0.15) is 0 Å². The van der Waals surface area contributed by atoms with Gasteiger partial charge in [0.2, 0.25) is 5.91 Å². The number of rotatable bonds is 4. The Balaban J connectivity index is 1.75. The van der Waals surface area contributed by atoms with Crippen molar-refractivity contribution in [1.82, 2.24) is 15.2 Å². The minimum absolute atomic E-state index is 0.139. The highest BCUT2D eigenvalue weighted by molar-refractivity contribution is 5.78. The van der Waals surface area contributed by atoms with Gasteiger partial charge in [0.05, 0.1) is 19.8 Å². The van der Waals surface area contributed by atoms with E-state index in [2.05, 4.69) is 10.3 Å². The largest absolute Gasteiger partial charge is 0.378 e. The molecule has 98 valence electrons. The summed E-state index contributed by atoms with van der Waals surface area (Å²) in [4.78, 5) is 17.8. The summed E-state index contributed by atoms with van der Waals surface area (Å²) in [6.45, 7) is 5.78. The first-order valence-corrected chi connectivity index (χ1v) is 6.23. The predicted octanol–water partition coefficient (Wildman–Crippen LogP) is 0.338. The van der Waals surface area contributed by atoms with E-state index in [1.807, 2.05) is 24.1 Å². The van der Waals surface area contributed by atoms with Crippen LogP contribution in [0, 0.1) is 6.92 Å². The molecule has 0 radical (unpaired) electrons. The van der Waals surface area contributed by atoms with Crippen LogP contribution in [0.25, 0.3) is 0 Å². The molecular formula is C13H19N3O2. The molecule has 5 heteroatoms. The summed E-state index contributed by atoms with van der Waals surface area (Å²) in [5.74, 6) is 0.139. The molecule has 0 aromatic carbocycles. The molecule has 0 atom stereocenters. The molecular weight excluding hydrogens is 230 g/mol. The summed E-state index contributed by atoms with van der Waals surface area (Å²) in [7, 11) is 0. The van der Waals surface area contributed by atoms with Crippen LogP contribution < -0.4 is 5.32 Å². The molecule has 2 heterocycles. The second kappa shape index (κ2) is 6.47. The van der Waals surface area contributed by atoms with E-state index in [1.165, 1.54) is 5.56 Å². The van der Waals surface area contributed by atoms with Crippen molar-refractivity contribution in [3.8, 4) is 0 Å². The van der Waals surface area contributed by atoms with Gasteiger partial charge >= 0.3 is 0 Å². The quantitative estimate of drug-likeness (QED) is 0.836. The number of nitrogens with zero attached hydrogens (tertiary/aromatic N) is 2. The number of aryl methyl sites for hydroxylation is 1. The fourth-order valence-electron chi connectivity index (χ4n) is 1.91. The standard InChI is InChI=1S/C13H19N3O2/c1-11-2-3-14-8-12(11)9-15-10-13(17)16-4-6-18-7-5-16/h2-3,8,15H,4-7,9-10H2,1H3. The maximum atomic E-state index is 11.9. The Kier molecular flexibility index (Phi) is 4.66. The van der Waals surface area contributed by atoms with Crippen molar-refractivity contribution in [2.45, 2.75) is 13.5 Å². The lowest BCUT2D eigenvalue weighted by Gasteiger charge is -2.26. The van der Waals surface area contributed by atoms with Crippen molar-refractivity contribution < 1.29 is 9.53 Å². The summed E-state index contributed by atoms with van der Waals surface area (Å²) in [6.07, 6.45) is 3.61. The Bertz CT molecular complexity index is 403. The molecule has 2 rings (SSSR count). The molecule has 1 fully saturated rings. The predicted molar refractivity (Wildman–Crippen MR) is 68.1 cm³/mol. The average molecular weight is 249 g/mol. The third kappa shape index (κ3) is 3.51. The number of aromatic nitrogens is 1. The fraction of sp³-hybridized carbons (Fsp3) is 0.538. The van der Waals surface area contributed by atoms with Crippen molar-refractivity contribution in [3.63, 3.8) is 0 Å². The second-order valence-electron chi connectivity index (χ2n) is 4.40. The second-order valence-corrected chi connectivity index (χ2v) is 4.40. The summed E-state index contributed by atoms with van der Waals surface area (Å²) in [5.41, 5.74) is 2.32. The summed E-state index contributed by atoms with van der Waals surface area (Å²) in [5, 5.41) is 3.17. The zero-order valence-electron chi connectivity index (χ0n) is 10.7. The third-order valence-corrected chi connectivity index (χ3v) is 3.10. The first kappa shape index (κ1) is 13.0. The highest BCUT2D eigenvalue weighted by atomic mass is 16.5. The van der Waals surface area contributed by atoms with Crippen LogP contribution in [0.5, 0.6) is 0 Å². The number of amides is 1. The van der Waals surface area contributed by atoms with Gasteiger partial charge < -0.3 is 15.0 Å². The summed E-state index contributed by atoms with van der Waals surface area (Å²) in [6, 6.07) is 1.97. The molecule has 1 aromatic heterocycles. The van der Waals surface area contributed by atoms with Gasteiger partial charge in [-0.25, -0.2) is 0 Å². The van der Waals surface area contributed by atoms with E-state index in [9.17, 15) is 4.79 Å². The SMILES string of the molecule is Cc1ccncc1CNCC(=O)N1CCOCC1. The molecule has 0 unspecified atom stereocenters. The minimum atomic E-state index is 0.139. The molecule has 1 aromatic rings. The number of carbonyl (C=O) groups is 1. The van der Waals surface area contributed by atoms with Crippen LogP contribution in [-0.2, 0) is 16.1 Å². The van der Waals surface area contributed by atoms with Crippen molar-refractivity contribution in [2.24, 2.45) is 0 Å². The van der Waals surface area contributed by atoms with Gasteiger partial charge in [0.15, 0.2) is 0 Å². The van der Waals surface area contributed by atoms with Gasteiger partial charge in [-0.1, -0.05) is 0 Å².